The van der Waals surface area contributed by atoms with Crippen molar-refractivity contribution in [2.24, 2.45) is 5.92 Å². The lowest BCUT2D eigenvalue weighted by Crippen LogP contribution is -2.43. The fourth-order valence-electron chi connectivity index (χ4n) is 1.72. The number of aldehydes is 1. The van der Waals surface area contributed by atoms with Gasteiger partial charge in [-0.2, -0.15) is 0 Å². The molecule has 18 heavy (non-hydrogen) atoms. The second-order valence-electron chi connectivity index (χ2n) is 3.95. The molecule has 0 bridgehead atoms. The quantitative estimate of drug-likeness (QED) is 0.529. The van der Waals surface area contributed by atoms with Crippen LogP contribution in [0.15, 0.2) is 12.3 Å². The predicted octanol–water partition coefficient (Wildman–Crippen LogP) is 0.599. The van der Waals surface area contributed by atoms with Gasteiger partial charge in [0.1, 0.15) is 19.0 Å². The highest BCUT2D eigenvalue weighted by molar-refractivity contribution is 5.66. The first-order valence-corrected chi connectivity index (χ1v) is 5.61. The van der Waals surface area contributed by atoms with Gasteiger partial charge in [-0.3, -0.25) is 9.59 Å². The summed E-state index contributed by atoms with van der Waals surface area (Å²) in [6.07, 6.45) is 2.84. The Bertz CT molecular complexity index is 348. The first-order chi connectivity index (χ1) is 8.54. The van der Waals surface area contributed by atoms with Gasteiger partial charge in [0.2, 0.25) is 0 Å². The molecule has 1 aliphatic rings. The largest absolute Gasteiger partial charge is 0.491 e. The molecule has 0 saturated carbocycles. The van der Waals surface area contributed by atoms with Crippen LogP contribution < -0.4 is 0 Å². The maximum atomic E-state index is 11.0. The first-order valence-electron chi connectivity index (χ1n) is 5.61. The summed E-state index contributed by atoms with van der Waals surface area (Å²) in [7, 11) is 0. The van der Waals surface area contributed by atoms with Gasteiger partial charge in [-0.25, -0.2) is 0 Å². The van der Waals surface area contributed by atoms with Gasteiger partial charge in [-0.05, 0) is 6.08 Å². The van der Waals surface area contributed by atoms with E-state index in [1.54, 1.807) is 6.08 Å². The molecular formula is C12H16O6. The van der Waals surface area contributed by atoms with E-state index in [1.165, 1.54) is 20.1 Å². The Morgan fingerprint density at radius 2 is 2.06 bits per heavy atom. The molecule has 6 nitrogen and oxygen atoms in total. The second kappa shape index (κ2) is 6.78. The summed E-state index contributed by atoms with van der Waals surface area (Å²) >= 11 is 0. The van der Waals surface area contributed by atoms with Gasteiger partial charge in [0.25, 0.3) is 0 Å². The fourth-order valence-corrected chi connectivity index (χ4v) is 1.72. The van der Waals surface area contributed by atoms with E-state index < -0.39 is 24.1 Å². The molecule has 0 radical (unpaired) electrons. The molecule has 0 unspecified atom stereocenters. The molecule has 0 amide bonds. The molecule has 6 heteroatoms. The number of ether oxygens (including phenoxy) is 3. The molecule has 0 N–H and O–H groups in total. The van der Waals surface area contributed by atoms with Crippen LogP contribution in [0, 0.1) is 5.92 Å². The van der Waals surface area contributed by atoms with E-state index in [-0.39, 0.29) is 18.9 Å². The molecule has 0 aliphatic carbocycles. The average molecular weight is 256 g/mol. The molecule has 100 valence electrons. The van der Waals surface area contributed by atoms with Crippen molar-refractivity contribution < 1.29 is 28.6 Å². The Kier molecular flexibility index (Phi) is 5.35. The van der Waals surface area contributed by atoms with Gasteiger partial charge in [-0.15, -0.1) is 0 Å². The van der Waals surface area contributed by atoms with Crippen LogP contribution >= 0.6 is 0 Å². The summed E-state index contributed by atoms with van der Waals surface area (Å²) in [6.45, 7) is 2.54. The number of hydrogen-bond acceptors (Lipinski definition) is 6. The number of carbonyl (C=O) groups is 3. The SMILES string of the molecule is CC(=O)OC[C@H]1OC=C[C@H](CC=O)[C@@H]1OC(C)=O. The number of rotatable bonds is 5. The van der Waals surface area contributed by atoms with Crippen LogP contribution in [0.3, 0.4) is 0 Å². The maximum Gasteiger partial charge on any atom is 0.303 e. The van der Waals surface area contributed by atoms with E-state index in [0.717, 1.165) is 6.29 Å². The van der Waals surface area contributed by atoms with Crippen molar-refractivity contribution in [3.8, 4) is 0 Å². The Hall–Kier alpha value is -1.85. The summed E-state index contributed by atoms with van der Waals surface area (Å²) < 4.78 is 15.2. The summed E-state index contributed by atoms with van der Waals surface area (Å²) in [6, 6.07) is 0. The molecule has 1 heterocycles. The molecule has 1 rings (SSSR count). The summed E-state index contributed by atoms with van der Waals surface area (Å²) in [5, 5.41) is 0. The van der Waals surface area contributed by atoms with E-state index in [1.807, 2.05) is 0 Å². The summed E-state index contributed by atoms with van der Waals surface area (Å²) in [4.78, 5) is 32.4. The summed E-state index contributed by atoms with van der Waals surface area (Å²) in [5.41, 5.74) is 0. The second-order valence-corrected chi connectivity index (χ2v) is 3.95. The van der Waals surface area contributed by atoms with Gasteiger partial charge in [0.15, 0.2) is 6.10 Å². The van der Waals surface area contributed by atoms with Crippen LogP contribution in [0.2, 0.25) is 0 Å². The van der Waals surface area contributed by atoms with Crippen LogP contribution in [0.1, 0.15) is 20.3 Å². The Morgan fingerprint density at radius 3 is 2.61 bits per heavy atom. The minimum Gasteiger partial charge on any atom is -0.491 e. The summed E-state index contributed by atoms with van der Waals surface area (Å²) in [5.74, 6) is -1.18. The zero-order valence-electron chi connectivity index (χ0n) is 10.3. The Balaban J connectivity index is 2.72. The maximum absolute atomic E-state index is 11.0. The van der Waals surface area contributed by atoms with Gasteiger partial charge in [0.05, 0.1) is 6.26 Å². The van der Waals surface area contributed by atoms with Crippen molar-refractivity contribution in [1.29, 1.82) is 0 Å². The molecule has 0 aromatic carbocycles. The van der Waals surface area contributed by atoms with Crippen molar-refractivity contribution in [3.63, 3.8) is 0 Å². The van der Waals surface area contributed by atoms with Crippen LogP contribution in [0.5, 0.6) is 0 Å². The smallest absolute Gasteiger partial charge is 0.303 e. The highest BCUT2D eigenvalue weighted by Gasteiger charge is 2.35. The minimum atomic E-state index is -0.628. The molecule has 0 fully saturated rings. The Labute approximate surface area is 105 Å². The molecular weight excluding hydrogens is 240 g/mol. The van der Waals surface area contributed by atoms with E-state index in [4.69, 9.17) is 14.2 Å². The predicted molar refractivity (Wildman–Crippen MR) is 60.4 cm³/mol. The van der Waals surface area contributed by atoms with Crippen LogP contribution in [0.4, 0.5) is 0 Å². The lowest BCUT2D eigenvalue weighted by atomic mass is 9.93. The Morgan fingerprint density at radius 1 is 1.33 bits per heavy atom. The van der Waals surface area contributed by atoms with Gasteiger partial charge < -0.3 is 19.0 Å². The van der Waals surface area contributed by atoms with Gasteiger partial charge in [-0.1, -0.05) is 0 Å². The van der Waals surface area contributed by atoms with Crippen molar-refractivity contribution in [2.45, 2.75) is 32.5 Å². The molecule has 3 atom stereocenters. The number of hydrogen-bond donors (Lipinski definition) is 0. The highest BCUT2D eigenvalue weighted by Crippen LogP contribution is 2.24. The van der Waals surface area contributed by atoms with E-state index in [0.29, 0.717) is 0 Å². The van der Waals surface area contributed by atoms with E-state index >= 15 is 0 Å². The zero-order valence-corrected chi connectivity index (χ0v) is 10.3. The fraction of sp³-hybridized carbons (Fsp3) is 0.583. The number of esters is 2. The highest BCUT2D eigenvalue weighted by atomic mass is 16.6. The van der Waals surface area contributed by atoms with Crippen LogP contribution in [-0.4, -0.2) is 37.0 Å². The van der Waals surface area contributed by atoms with Crippen molar-refractivity contribution in [1.82, 2.24) is 0 Å². The standard InChI is InChI=1S/C12H16O6/c1-8(14)17-7-11-12(18-9(2)15)10(3-5-13)4-6-16-11/h4-6,10-12H,3,7H2,1-2H3/t10-,11+,12-/m0/s1. The normalized spacial score (nSPS) is 26.0. The topological polar surface area (TPSA) is 78.9 Å². The molecule has 0 aromatic heterocycles. The van der Waals surface area contributed by atoms with Crippen molar-refractivity contribution in [2.75, 3.05) is 6.61 Å². The first kappa shape index (κ1) is 14.2. The number of carbonyl (C=O) groups excluding carboxylic acids is 3. The van der Waals surface area contributed by atoms with Crippen molar-refractivity contribution in [3.05, 3.63) is 12.3 Å². The van der Waals surface area contributed by atoms with Crippen LogP contribution in [0.25, 0.3) is 0 Å². The monoisotopic (exact) mass is 256 g/mol. The lowest BCUT2D eigenvalue weighted by Gasteiger charge is -2.32. The lowest BCUT2D eigenvalue weighted by molar-refractivity contribution is -0.164. The zero-order chi connectivity index (χ0) is 13.5. The van der Waals surface area contributed by atoms with Crippen LogP contribution in [-0.2, 0) is 28.6 Å². The minimum absolute atomic E-state index is 0.0209. The molecule has 0 aromatic rings. The molecule has 0 saturated heterocycles. The van der Waals surface area contributed by atoms with Gasteiger partial charge >= 0.3 is 11.9 Å². The van der Waals surface area contributed by atoms with Gasteiger partial charge in [0, 0.05) is 26.2 Å². The third-order valence-electron chi connectivity index (χ3n) is 2.49. The third kappa shape index (κ3) is 4.20. The third-order valence-corrected chi connectivity index (χ3v) is 2.49. The van der Waals surface area contributed by atoms with E-state index in [2.05, 4.69) is 0 Å². The average Bonchev–Trinajstić information content (AvgIpc) is 2.29. The molecule has 0 spiro atoms. The molecule has 1 aliphatic heterocycles. The van der Waals surface area contributed by atoms with E-state index in [9.17, 15) is 14.4 Å². The van der Waals surface area contributed by atoms with Crippen molar-refractivity contribution >= 4 is 18.2 Å².